The summed E-state index contributed by atoms with van der Waals surface area (Å²) >= 11 is 0. The summed E-state index contributed by atoms with van der Waals surface area (Å²) in [6, 6.07) is 0. The maximum absolute atomic E-state index is 13.9. The molecule has 0 aromatic carbocycles. The standard InChI is InChI=1S/C12H12F4O4/c1-3-4-20-11(19)12(2)8(15)6(13)5(10(17)18)7(14)9(12)16/h8H,3-4H2,1-2H3,(H,17,18). The van der Waals surface area contributed by atoms with E-state index in [9.17, 15) is 27.2 Å². The van der Waals surface area contributed by atoms with Crippen molar-refractivity contribution in [2.75, 3.05) is 6.61 Å². The number of carbonyl (C=O) groups is 2. The number of alkyl halides is 1. The first-order valence-corrected chi connectivity index (χ1v) is 5.69. The number of rotatable bonds is 4. The summed E-state index contributed by atoms with van der Waals surface area (Å²) < 4.78 is 59.4. The number of hydrogen-bond donors (Lipinski definition) is 1. The number of halogens is 4. The predicted octanol–water partition coefficient (Wildman–Crippen LogP) is 2.76. The lowest BCUT2D eigenvalue weighted by atomic mass is 9.77. The second-order valence-electron chi connectivity index (χ2n) is 4.36. The molecule has 0 heterocycles. The van der Waals surface area contributed by atoms with Gasteiger partial charge in [0, 0.05) is 0 Å². The summed E-state index contributed by atoms with van der Waals surface area (Å²) in [5.41, 5.74) is -4.63. The van der Waals surface area contributed by atoms with Gasteiger partial charge in [0.2, 0.25) is 0 Å². The Morgan fingerprint density at radius 2 is 1.90 bits per heavy atom. The van der Waals surface area contributed by atoms with Crippen molar-refractivity contribution in [2.24, 2.45) is 5.41 Å². The molecule has 112 valence electrons. The Hall–Kier alpha value is -1.86. The van der Waals surface area contributed by atoms with E-state index in [4.69, 9.17) is 5.11 Å². The molecule has 1 rings (SSSR count). The Kier molecular flexibility index (Phi) is 4.57. The largest absolute Gasteiger partial charge is 0.477 e. The number of carboxylic acids is 1. The van der Waals surface area contributed by atoms with E-state index >= 15 is 0 Å². The zero-order chi connectivity index (χ0) is 15.7. The molecule has 2 unspecified atom stereocenters. The number of carbonyl (C=O) groups excluding carboxylic acids is 1. The predicted molar refractivity (Wildman–Crippen MR) is 59.3 cm³/mol. The molecule has 1 N–H and O–H groups in total. The van der Waals surface area contributed by atoms with Crippen molar-refractivity contribution in [3.05, 3.63) is 23.1 Å². The van der Waals surface area contributed by atoms with Gasteiger partial charge >= 0.3 is 11.9 Å². The van der Waals surface area contributed by atoms with Crippen LogP contribution in [0.1, 0.15) is 20.3 Å². The Morgan fingerprint density at radius 3 is 2.35 bits per heavy atom. The fourth-order valence-corrected chi connectivity index (χ4v) is 1.67. The van der Waals surface area contributed by atoms with Crippen LogP contribution in [-0.4, -0.2) is 29.8 Å². The molecule has 0 saturated carbocycles. The van der Waals surface area contributed by atoms with Crippen LogP contribution in [0.25, 0.3) is 0 Å². The van der Waals surface area contributed by atoms with E-state index in [1.165, 1.54) is 0 Å². The van der Waals surface area contributed by atoms with E-state index < -0.39 is 46.6 Å². The highest BCUT2D eigenvalue weighted by Crippen LogP contribution is 2.47. The topological polar surface area (TPSA) is 63.6 Å². The van der Waals surface area contributed by atoms with Gasteiger partial charge in [0.05, 0.1) is 6.61 Å². The summed E-state index contributed by atoms with van der Waals surface area (Å²) in [7, 11) is 0. The third kappa shape index (κ3) is 2.30. The minimum atomic E-state index is -2.97. The van der Waals surface area contributed by atoms with Gasteiger partial charge in [0.25, 0.3) is 0 Å². The first kappa shape index (κ1) is 16.2. The van der Waals surface area contributed by atoms with Crippen molar-refractivity contribution in [1.29, 1.82) is 0 Å². The van der Waals surface area contributed by atoms with Gasteiger partial charge in [0.15, 0.2) is 29.1 Å². The Labute approximate surface area is 111 Å². The summed E-state index contributed by atoms with van der Waals surface area (Å²) in [5.74, 6) is -9.82. The lowest BCUT2D eigenvalue weighted by Crippen LogP contribution is -2.43. The first-order chi connectivity index (χ1) is 9.19. The van der Waals surface area contributed by atoms with Crippen LogP contribution in [0.4, 0.5) is 17.6 Å². The molecule has 0 aromatic rings. The molecular formula is C12H12F4O4. The third-order valence-electron chi connectivity index (χ3n) is 2.91. The number of carboxylic acid groups (broad SMARTS) is 1. The molecule has 8 heteroatoms. The summed E-state index contributed by atoms with van der Waals surface area (Å²) in [4.78, 5) is 22.2. The molecular weight excluding hydrogens is 284 g/mol. The number of hydrogen-bond acceptors (Lipinski definition) is 3. The molecule has 20 heavy (non-hydrogen) atoms. The molecule has 0 fully saturated rings. The van der Waals surface area contributed by atoms with Crippen molar-refractivity contribution < 1.29 is 37.0 Å². The molecule has 0 saturated heterocycles. The minimum absolute atomic E-state index is 0.187. The number of ether oxygens (including phenoxy) is 1. The zero-order valence-corrected chi connectivity index (χ0v) is 10.7. The van der Waals surface area contributed by atoms with Crippen LogP contribution >= 0.6 is 0 Å². The molecule has 1 aliphatic rings. The maximum atomic E-state index is 13.9. The van der Waals surface area contributed by atoms with Crippen LogP contribution in [0.2, 0.25) is 0 Å². The summed E-state index contributed by atoms with van der Waals surface area (Å²) in [5, 5.41) is 8.54. The number of esters is 1. The Bertz CT molecular complexity index is 512. The Balaban J connectivity index is 3.34. The molecule has 2 atom stereocenters. The second kappa shape index (κ2) is 5.64. The summed E-state index contributed by atoms with van der Waals surface area (Å²) in [6.07, 6.45) is -2.64. The monoisotopic (exact) mass is 296 g/mol. The van der Waals surface area contributed by atoms with Gasteiger partial charge in [-0.1, -0.05) is 6.92 Å². The van der Waals surface area contributed by atoms with Crippen molar-refractivity contribution >= 4 is 11.9 Å². The average molecular weight is 296 g/mol. The van der Waals surface area contributed by atoms with E-state index in [-0.39, 0.29) is 6.61 Å². The van der Waals surface area contributed by atoms with E-state index in [1.54, 1.807) is 6.92 Å². The van der Waals surface area contributed by atoms with Crippen molar-refractivity contribution in [3.8, 4) is 0 Å². The highest BCUT2D eigenvalue weighted by Gasteiger charge is 2.56. The van der Waals surface area contributed by atoms with Crippen LogP contribution in [0.5, 0.6) is 0 Å². The van der Waals surface area contributed by atoms with Crippen LogP contribution < -0.4 is 0 Å². The van der Waals surface area contributed by atoms with E-state index in [0.717, 1.165) is 0 Å². The van der Waals surface area contributed by atoms with E-state index in [2.05, 4.69) is 4.74 Å². The molecule has 0 bridgehead atoms. The van der Waals surface area contributed by atoms with Crippen molar-refractivity contribution in [2.45, 2.75) is 26.4 Å². The highest BCUT2D eigenvalue weighted by atomic mass is 19.2. The average Bonchev–Trinajstić information content (AvgIpc) is 2.40. The van der Waals surface area contributed by atoms with Gasteiger partial charge in [-0.15, -0.1) is 0 Å². The van der Waals surface area contributed by atoms with Gasteiger partial charge < -0.3 is 9.84 Å². The highest BCUT2D eigenvalue weighted by molar-refractivity contribution is 5.94. The van der Waals surface area contributed by atoms with Gasteiger partial charge in [0.1, 0.15) is 5.57 Å². The van der Waals surface area contributed by atoms with Crippen LogP contribution in [0, 0.1) is 5.41 Å². The SMILES string of the molecule is CCCOC(=O)C1(C)C(F)=C(F)C(C(=O)O)=C(F)C1F. The van der Waals surface area contributed by atoms with Crippen molar-refractivity contribution in [3.63, 3.8) is 0 Å². The lowest BCUT2D eigenvalue weighted by Gasteiger charge is -2.31. The van der Waals surface area contributed by atoms with Gasteiger partial charge in [-0.2, -0.15) is 0 Å². The molecule has 4 nitrogen and oxygen atoms in total. The maximum Gasteiger partial charge on any atom is 0.341 e. The van der Waals surface area contributed by atoms with Crippen LogP contribution in [-0.2, 0) is 14.3 Å². The minimum Gasteiger partial charge on any atom is -0.477 e. The summed E-state index contributed by atoms with van der Waals surface area (Å²) in [6.45, 7) is 2.04. The number of aliphatic carboxylic acids is 1. The zero-order valence-electron chi connectivity index (χ0n) is 10.7. The van der Waals surface area contributed by atoms with Gasteiger partial charge in [-0.25, -0.2) is 22.4 Å². The second-order valence-corrected chi connectivity index (χ2v) is 4.36. The molecule has 0 aromatic heterocycles. The van der Waals surface area contributed by atoms with E-state index in [0.29, 0.717) is 13.3 Å². The molecule has 0 spiro atoms. The smallest absolute Gasteiger partial charge is 0.341 e. The quantitative estimate of drug-likeness (QED) is 0.640. The van der Waals surface area contributed by atoms with Gasteiger partial charge in [-0.05, 0) is 13.3 Å². The molecule has 0 aliphatic heterocycles. The molecule has 1 aliphatic carbocycles. The normalized spacial score (nSPS) is 26.8. The number of allylic oxidation sites excluding steroid dienone is 1. The first-order valence-electron chi connectivity index (χ1n) is 5.69. The lowest BCUT2D eigenvalue weighted by molar-refractivity contribution is -0.157. The van der Waals surface area contributed by atoms with Crippen LogP contribution in [0.3, 0.4) is 0 Å². The fourth-order valence-electron chi connectivity index (χ4n) is 1.67. The molecule has 0 radical (unpaired) electrons. The Morgan fingerprint density at radius 1 is 1.35 bits per heavy atom. The molecule has 0 amide bonds. The van der Waals surface area contributed by atoms with Gasteiger partial charge in [-0.3, -0.25) is 4.79 Å². The van der Waals surface area contributed by atoms with Crippen molar-refractivity contribution in [1.82, 2.24) is 0 Å². The van der Waals surface area contributed by atoms with E-state index in [1.807, 2.05) is 0 Å². The van der Waals surface area contributed by atoms with Crippen LogP contribution in [0.15, 0.2) is 23.1 Å². The third-order valence-corrected chi connectivity index (χ3v) is 2.91. The fraction of sp³-hybridized carbons (Fsp3) is 0.500.